The first-order valence-corrected chi connectivity index (χ1v) is 18.4. The van der Waals surface area contributed by atoms with Crippen molar-refractivity contribution in [3.63, 3.8) is 0 Å². The number of ether oxygens (including phenoxy) is 2. The van der Waals surface area contributed by atoms with Crippen LogP contribution in [0.15, 0.2) is 109 Å². The first-order valence-electron chi connectivity index (χ1n) is 18.4. The number of hydrogen-bond donors (Lipinski definition) is 0. The summed E-state index contributed by atoms with van der Waals surface area (Å²) >= 11 is 0. The molecule has 4 aromatic rings. The summed E-state index contributed by atoms with van der Waals surface area (Å²) in [6.07, 6.45) is -1.64. The quantitative estimate of drug-likeness (QED) is 0.0674. The first-order chi connectivity index (χ1) is 27.3. The minimum atomic E-state index is -4.51. The van der Waals surface area contributed by atoms with Crippen molar-refractivity contribution in [2.75, 3.05) is 51.3 Å². The van der Waals surface area contributed by atoms with E-state index in [0.29, 0.717) is 37.3 Å². The number of carbonyl (C=O) groups is 3. The van der Waals surface area contributed by atoms with E-state index in [1.807, 2.05) is 54.6 Å². The summed E-state index contributed by atoms with van der Waals surface area (Å²) in [6.45, 7) is 1.70. The molecule has 57 heavy (non-hydrogen) atoms. The van der Waals surface area contributed by atoms with Crippen molar-refractivity contribution in [2.24, 2.45) is 0 Å². The highest BCUT2D eigenvalue weighted by molar-refractivity contribution is 5.95. The number of halogens is 5. The van der Waals surface area contributed by atoms with E-state index in [0.717, 1.165) is 28.9 Å². The Hall–Kier alpha value is -5.76. The lowest BCUT2D eigenvalue weighted by molar-refractivity contribution is -0.143. The minimum Gasteiger partial charge on any atom is -0.435 e. The van der Waals surface area contributed by atoms with E-state index in [4.69, 9.17) is 4.74 Å². The SMILES string of the molecule is CC(=O)N1CCN(c2ccc(CN(C(=O)C=Cc3ccc(C(F)(F)F)cc3)C(Cc3ccccc3)C(=O)N(C)CCOCc3ccc(OC(F)F)cc3)cc2)CC1. The third-order valence-electron chi connectivity index (χ3n) is 9.62. The molecule has 14 heteroatoms. The molecule has 302 valence electrons. The third-order valence-corrected chi connectivity index (χ3v) is 9.62. The number of nitrogens with zero attached hydrogens (tertiary/aromatic N) is 4. The fourth-order valence-corrected chi connectivity index (χ4v) is 6.37. The molecule has 0 saturated carbocycles. The van der Waals surface area contributed by atoms with E-state index in [9.17, 15) is 36.3 Å². The lowest BCUT2D eigenvalue weighted by Crippen LogP contribution is -2.51. The van der Waals surface area contributed by atoms with E-state index in [1.165, 1.54) is 46.2 Å². The summed E-state index contributed by atoms with van der Waals surface area (Å²) in [5, 5.41) is 0. The van der Waals surface area contributed by atoms with Crippen molar-refractivity contribution in [1.82, 2.24) is 14.7 Å². The van der Waals surface area contributed by atoms with Crippen LogP contribution in [0.25, 0.3) is 6.08 Å². The molecule has 0 aliphatic carbocycles. The maximum atomic E-state index is 14.4. The van der Waals surface area contributed by atoms with Crippen molar-refractivity contribution < 1.29 is 45.8 Å². The van der Waals surface area contributed by atoms with Crippen molar-refractivity contribution in [3.8, 4) is 5.75 Å². The van der Waals surface area contributed by atoms with Gasteiger partial charge in [0.2, 0.25) is 17.7 Å². The van der Waals surface area contributed by atoms with Gasteiger partial charge in [-0.3, -0.25) is 14.4 Å². The van der Waals surface area contributed by atoms with Crippen LogP contribution in [-0.4, -0.2) is 91.5 Å². The molecule has 1 saturated heterocycles. The van der Waals surface area contributed by atoms with Crippen molar-refractivity contribution in [2.45, 2.75) is 45.3 Å². The van der Waals surface area contributed by atoms with E-state index >= 15 is 0 Å². The van der Waals surface area contributed by atoms with Crippen LogP contribution in [0.5, 0.6) is 5.75 Å². The summed E-state index contributed by atoms with van der Waals surface area (Å²) in [5.74, 6) is -0.811. The van der Waals surface area contributed by atoms with Gasteiger partial charge in [-0.05, 0) is 64.7 Å². The fourth-order valence-electron chi connectivity index (χ4n) is 6.37. The van der Waals surface area contributed by atoms with Crippen LogP contribution in [0.2, 0.25) is 0 Å². The van der Waals surface area contributed by atoms with Gasteiger partial charge in [-0.2, -0.15) is 22.0 Å². The minimum absolute atomic E-state index is 0.0250. The number of benzene rings is 4. The molecule has 0 N–H and O–H groups in total. The number of anilines is 1. The predicted octanol–water partition coefficient (Wildman–Crippen LogP) is 7.30. The van der Waals surface area contributed by atoms with E-state index < -0.39 is 30.3 Å². The summed E-state index contributed by atoms with van der Waals surface area (Å²) in [6, 6.07) is 26.4. The lowest BCUT2D eigenvalue weighted by atomic mass is 10.0. The van der Waals surface area contributed by atoms with Crippen molar-refractivity contribution in [1.29, 1.82) is 0 Å². The van der Waals surface area contributed by atoms with Gasteiger partial charge in [0.15, 0.2) is 0 Å². The maximum absolute atomic E-state index is 14.4. The summed E-state index contributed by atoms with van der Waals surface area (Å²) in [4.78, 5) is 47.3. The number of piperazine rings is 1. The normalized spacial score (nSPS) is 13.8. The molecule has 1 fully saturated rings. The van der Waals surface area contributed by atoms with Gasteiger partial charge in [-0.15, -0.1) is 0 Å². The second-order valence-corrected chi connectivity index (χ2v) is 13.6. The average Bonchev–Trinajstić information content (AvgIpc) is 3.20. The van der Waals surface area contributed by atoms with Crippen LogP contribution in [0.3, 0.4) is 0 Å². The lowest BCUT2D eigenvalue weighted by Gasteiger charge is -2.36. The molecule has 0 bridgehead atoms. The summed E-state index contributed by atoms with van der Waals surface area (Å²) in [7, 11) is 1.61. The molecular weight excluding hydrogens is 747 g/mol. The Bertz CT molecular complexity index is 1930. The van der Waals surface area contributed by atoms with Gasteiger partial charge in [0.05, 0.1) is 18.8 Å². The smallest absolute Gasteiger partial charge is 0.416 e. The zero-order valence-corrected chi connectivity index (χ0v) is 31.7. The van der Waals surface area contributed by atoms with E-state index in [1.54, 1.807) is 31.0 Å². The molecule has 1 aliphatic heterocycles. The first kappa shape index (κ1) is 42.4. The monoisotopic (exact) mass is 792 g/mol. The number of hydrogen-bond acceptors (Lipinski definition) is 6. The highest BCUT2D eigenvalue weighted by Gasteiger charge is 2.32. The topological polar surface area (TPSA) is 82.6 Å². The van der Waals surface area contributed by atoms with Gasteiger partial charge in [-0.25, -0.2) is 0 Å². The number of likely N-dealkylation sites (N-methyl/N-ethyl adjacent to an activating group) is 1. The molecule has 9 nitrogen and oxygen atoms in total. The molecule has 1 unspecified atom stereocenters. The van der Waals surface area contributed by atoms with Crippen LogP contribution in [-0.2, 0) is 44.9 Å². The zero-order valence-electron chi connectivity index (χ0n) is 31.7. The van der Waals surface area contributed by atoms with Gasteiger partial charge in [0.25, 0.3) is 0 Å². The van der Waals surface area contributed by atoms with Crippen LogP contribution in [0.1, 0.15) is 34.7 Å². The third kappa shape index (κ3) is 12.6. The van der Waals surface area contributed by atoms with Crippen LogP contribution < -0.4 is 9.64 Å². The molecule has 0 aromatic heterocycles. The van der Waals surface area contributed by atoms with Gasteiger partial charge in [0.1, 0.15) is 11.8 Å². The summed E-state index contributed by atoms with van der Waals surface area (Å²) in [5.41, 5.74) is 2.80. The molecule has 0 spiro atoms. The van der Waals surface area contributed by atoms with Gasteiger partial charge in [-0.1, -0.05) is 66.7 Å². The summed E-state index contributed by atoms with van der Waals surface area (Å²) < 4.78 is 74.8. The Kier molecular flexibility index (Phi) is 14.8. The Balaban J connectivity index is 1.35. The van der Waals surface area contributed by atoms with Crippen LogP contribution in [0.4, 0.5) is 27.6 Å². The standard InChI is InChI=1S/C43H45F5N4O5/c1-31(53)50-22-24-51(25-23-50)37-17-10-34(11-18-37)29-52(40(54)21-14-32-8-15-36(16-9-32)43(46,47)48)39(28-33-6-4-3-5-7-33)41(55)49(2)26-27-56-30-35-12-19-38(20-13-35)57-42(44)45/h3-21,39,42H,22-30H2,1-2H3. The fraction of sp³-hybridized carbons (Fsp3) is 0.326. The second-order valence-electron chi connectivity index (χ2n) is 13.6. The average molecular weight is 793 g/mol. The number of alkyl halides is 5. The number of carbonyl (C=O) groups excluding carboxylic acids is 3. The second kappa shape index (κ2) is 19.9. The van der Waals surface area contributed by atoms with Gasteiger partial charge in [0, 0.05) is 71.4 Å². The molecule has 4 aromatic carbocycles. The number of rotatable bonds is 16. The van der Waals surface area contributed by atoms with E-state index in [2.05, 4.69) is 9.64 Å². The molecule has 1 atom stereocenters. The Labute approximate surface area is 328 Å². The van der Waals surface area contributed by atoms with Crippen molar-refractivity contribution >= 4 is 29.5 Å². The van der Waals surface area contributed by atoms with Crippen LogP contribution in [0, 0.1) is 0 Å². The highest BCUT2D eigenvalue weighted by atomic mass is 19.4. The Morgan fingerprint density at radius 2 is 1.44 bits per heavy atom. The molecule has 0 radical (unpaired) electrons. The van der Waals surface area contributed by atoms with Gasteiger partial charge >= 0.3 is 12.8 Å². The number of amides is 3. The van der Waals surface area contributed by atoms with Crippen LogP contribution >= 0.6 is 0 Å². The van der Waals surface area contributed by atoms with Crippen molar-refractivity contribution in [3.05, 3.63) is 137 Å². The van der Waals surface area contributed by atoms with Gasteiger partial charge < -0.3 is 29.1 Å². The Morgan fingerprint density at radius 1 is 0.807 bits per heavy atom. The zero-order chi connectivity index (χ0) is 41.0. The largest absolute Gasteiger partial charge is 0.435 e. The molecule has 3 amide bonds. The molecule has 1 heterocycles. The molecule has 1 aliphatic rings. The molecular formula is C43H45F5N4O5. The predicted molar refractivity (Wildman–Crippen MR) is 206 cm³/mol. The molecule has 5 rings (SSSR count). The van der Waals surface area contributed by atoms with E-state index in [-0.39, 0.29) is 50.3 Å². The maximum Gasteiger partial charge on any atom is 0.416 e. The highest BCUT2D eigenvalue weighted by Crippen LogP contribution is 2.29. The Morgan fingerprint density at radius 3 is 2.04 bits per heavy atom.